The lowest BCUT2D eigenvalue weighted by molar-refractivity contribution is 1.47. The van der Waals surface area contributed by atoms with Crippen molar-refractivity contribution in [1.29, 1.82) is 0 Å². The van der Waals surface area contributed by atoms with Crippen molar-refractivity contribution in [2.75, 3.05) is 0 Å². The van der Waals surface area contributed by atoms with Gasteiger partial charge in [0.25, 0.3) is 0 Å². The van der Waals surface area contributed by atoms with Crippen molar-refractivity contribution in [3.05, 3.63) is 67.3 Å². The van der Waals surface area contributed by atoms with Crippen molar-refractivity contribution in [2.24, 2.45) is 0 Å². The molecule has 0 unspecified atom stereocenters. The number of thiazole rings is 1. The van der Waals surface area contributed by atoms with Crippen LogP contribution in [0.2, 0.25) is 0 Å². The molecule has 19 heavy (non-hydrogen) atoms. The highest BCUT2D eigenvalue weighted by Crippen LogP contribution is 2.31. The lowest BCUT2D eigenvalue weighted by atomic mass is 10.1. The van der Waals surface area contributed by atoms with Gasteiger partial charge in [0.1, 0.15) is 5.01 Å². The van der Waals surface area contributed by atoms with E-state index in [4.69, 9.17) is 6.42 Å². The minimum absolute atomic E-state index is 0.895. The van der Waals surface area contributed by atoms with E-state index in [-0.39, 0.29) is 0 Å². The van der Waals surface area contributed by atoms with Gasteiger partial charge in [0, 0.05) is 11.1 Å². The maximum atomic E-state index is 5.51. The van der Waals surface area contributed by atoms with E-state index in [1.54, 1.807) is 11.3 Å². The molecule has 0 saturated carbocycles. The van der Waals surface area contributed by atoms with Gasteiger partial charge in [-0.15, -0.1) is 30.9 Å². The summed E-state index contributed by atoms with van der Waals surface area (Å²) in [6.07, 6.45) is 5.51. The van der Waals surface area contributed by atoms with Gasteiger partial charge in [0.15, 0.2) is 0 Å². The fraction of sp³-hybridized carbons (Fsp3) is 0. The first-order chi connectivity index (χ1) is 9.38. The summed E-state index contributed by atoms with van der Waals surface area (Å²) in [6, 6.07) is 16.0. The summed E-state index contributed by atoms with van der Waals surface area (Å²) in [7, 11) is 0. The quantitative estimate of drug-likeness (QED) is 0.456. The van der Waals surface area contributed by atoms with Crippen LogP contribution in [0.4, 0.5) is 0 Å². The van der Waals surface area contributed by atoms with Gasteiger partial charge in [-0.1, -0.05) is 36.3 Å². The molecule has 0 atom stereocenters. The molecule has 0 spiro atoms. The SMILES string of the molecule is C#Cc1ccccc1-c1nc2ccccc2s1.C=C. The predicted octanol–water partition coefficient (Wildman–Crippen LogP) is 4.75. The van der Waals surface area contributed by atoms with Gasteiger partial charge in [-0.05, 0) is 18.2 Å². The summed E-state index contributed by atoms with van der Waals surface area (Å²) < 4.78 is 1.19. The summed E-state index contributed by atoms with van der Waals surface area (Å²) in [6.45, 7) is 6.00. The Morgan fingerprint density at radius 3 is 2.42 bits per heavy atom. The maximum Gasteiger partial charge on any atom is 0.125 e. The summed E-state index contributed by atoms with van der Waals surface area (Å²) >= 11 is 1.67. The summed E-state index contributed by atoms with van der Waals surface area (Å²) in [5.74, 6) is 2.71. The molecule has 2 heteroatoms. The molecule has 0 saturated heterocycles. The first-order valence-corrected chi connectivity index (χ1v) is 6.62. The predicted molar refractivity (Wildman–Crippen MR) is 84.2 cm³/mol. The van der Waals surface area contributed by atoms with Crippen molar-refractivity contribution in [1.82, 2.24) is 4.98 Å². The molecule has 2 aromatic carbocycles. The van der Waals surface area contributed by atoms with Crippen molar-refractivity contribution in [2.45, 2.75) is 0 Å². The number of terminal acetylenes is 1. The second-order valence-electron chi connectivity index (χ2n) is 3.68. The Hall–Kier alpha value is -2.37. The van der Waals surface area contributed by atoms with E-state index in [1.807, 2.05) is 42.5 Å². The van der Waals surface area contributed by atoms with Gasteiger partial charge in [-0.3, -0.25) is 0 Å². The minimum Gasteiger partial charge on any atom is -0.236 e. The van der Waals surface area contributed by atoms with Gasteiger partial charge < -0.3 is 0 Å². The van der Waals surface area contributed by atoms with E-state index in [0.29, 0.717) is 0 Å². The van der Waals surface area contributed by atoms with E-state index in [2.05, 4.69) is 30.1 Å². The Morgan fingerprint density at radius 2 is 1.68 bits per heavy atom. The largest absolute Gasteiger partial charge is 0.236 e. The van der Waals surface area contributed by atoms with Crippen molar-refractivity contribution >= 4 is 21.6 Å². The molecule has 0 aliphatic rings. The highest BCUT2D eigenvalue weighted by atomic mass is 32.1. The van der Waals surface area contributed by atoms with Gasteiger partial charge in [0.2, 0.25) is 0 Å². The number of fused-ring (bicyclic) bond motifs is 1. The Kier molecular flexibility index (Phi) is 4.12. The average Bonchev–Trinajstić information content (AvgIpc) is 2.93. The van der Waals surface area contributed by atoms with Crippen molar-refractivity contribution < 1.29 is 0 Å². The molecule has 0 radical (unpaired) electrons. The van der Waals surface area contributed by atoms with Crippen LogP contribution in [0.5, 0.6) is 0 Å². The van der Waals surface area contributed by atoms with Crippen LogP contribution in [0.3, 0.4) is 0 Å². The van der Waals surface area contributed by atoms with E-state index < -0.39 is 0 Å². The summed E-state index contributed by atoms with van der Waals surface area (Å²) in [5, 5.41) is 0.986. The Balaban J connectivity index is 0.000000637. The number of nitrogens with zero attached hydrogens (tertiary/aromatic N) is 1. The van der Waals surface area contributed by atoms with Crippen molar-refractivity contribution in [3.8, 4) is 22.9 Å². The topological polar surface area (TPSA) is 12.9 Å². The first kappa shape index (κ1) is 13.1. The van der Waals surface area contributed by atoms with Crippen molar-refractivity contribution in [3.63, 3.8) is 0 Å². The third-order valence-electron chi connectivity index (χ3n) is 2.61. The molecule has 0 N–H and O–H groups in total. The van der Waals surface area contributed by atoms with Crippen LogP contribution in [0.1, 0.15) is 5.56 Å². The number of rotatable bonds is 1. The van der Waals surface area contributed by atoms with Gasteiger partial charge in [0.05, 0.1) is 10.2 Å². The summed E-state index contributed by atoms with van der Waals surface area (Å²) in [5.41, 5.74) is 2.96. The molecular formula is C17H13NS. The first-order valence-electron chi connectivity index (χ1n) is 5.80. The van der Waals surface area contributed by atoms with E-state index in [1.165, 1.54) is 4.70 Å². The zero-order valence-electron chi connectivity index (χ0n) is 10.5. The van der Waals surface area contributed by atoms with Gasteiger partial charge in [-0.2, -0.15) is 0 Å². The molecule has 0 bridgehead atoms. The molecular weight excluding hydrogens is 250 g/mol. The zero-order chi connectivity index (χ0) is 13.7. The van der Waals surface area contributed by atoms with Crippen LogP contribution in [0.15, 0.2) is 61.7 Å². The van der Waals surface area contributed by atoms with Gasteiger partial charge >= 0.3 is 0 Å². The second-order valence-corrected chi connectivity index (χ2v) is 4.71. The fourth-order valence-corrected chi connectivity index (χ4v) is 2.79. The van der Waals surface area contributed by atoms with E-state index in [9.17, 15) is 0 Å². The van der Waals surface area contributed by atoms with Gasteiger partial charge in [-0.25, -0.2) is 4.98 Å². The fourth-order valence-electron chi connectivity index (χ4n) is 1.78. The number of aromatic nitrogens is 1. The van der Waals surface area contributed by atoms with E-state index in [0.717, 1.165) is 21.7 Å². The highest BCUT2D eigenvalue weighted by Gasteiger charge is 2.08. The molecule has 0 amide bonds. The Labute approximate surface area is 117 Å². The van der Waals surface area contributed by atoms with Crippen LogP contribution < -0.4 is 0 Å². The molecule has 1 aromatic heterocycles. The number of hydrogen-bond acceptors (Lipinski definition) is 2. The molecule has 0 fully saturated rings. The average molecular weight is 263 g/mol. The number of benzene rings is 2. The van der Waals surface area contributed by atoms with E-state index >= 15 is 0 Å². The molecule has 3 rings (SSSR count). The monoisotopic (exact) mass is 263 g/mol. The smallest absolute Gasteiger partial charge is 0.125 e. The van der Waals surface area contributed by atoms with Crippen LogP contribution in [0, 0.1) is 12.3 Å². The summed E-state index contributed by atoms with van der Waals surface area (Å²) in [4.78, 5) is 4.61. The zero-order valence-corrected chi connectivity index (χ0v) is 11.3. The van der Waals surface area contributed by atoms with Crippen LogP contribution in [0.25, 0.3) is 20.8 Å². The minimum atomic E-state index is 0.895. The normalized spacial score (nSPS) is 9.42. The molecule has 0 aliphatic carbocycles. The third kappa shape index (κ3) is 2.57. The van der Waals surface area contributed by atoms with Crippen LogP contribution in [-0.4, -0.2) is 4.98 Å². The number of para-hydroxylation sites is 1. The van der Waals surface area contributed by atoms with Crippen LogP contribution in [-0.2, 0) is 0 Å². The second kappa shape index (κ2) is 5.99. The Bertz CT molecular complexity index is 701. The molecule has 0 aliphatic heterocycles. The highest BCUT2D eigenvalue weighted by molar-refractivity contribution is 7.21. The standard InChI is InChI=1S/C15H9NS.C2H4/c1-2-11-7-3-4-8-12(11)15-16-13-9-5-6-10-14(13)17-15;1-2/h1,3-10H;1-2H2. The molecule has 1 heterocycles. The Morgan fingerprint density at radius 1 is 1.00 bits per heavy atom. The molecule has 92 valence electrons. The maximum absolute atomic E-state index is 5.51. The van der Waals surface area contributed by atoms with Crippen LogP contribution >= 0.6 is 11.3 Å². The molecule has 3 aromatic rings. The number of hydrogen-bond donors (Lipinski definition) is 0. The molecule has 1 nitrogen and oxygen atoms in total. The lowest BCUT2D eigenvalue weighted by Crippen LogP contribution is -1.81. The lowest BCUT2D eigenvalue weighted by Gasteiger charge is -1.98. The third-order valence-corrected chi connectivity index (χ3v) is 3.68.